The Morgan fingerprint density at radius 2 is 1.64 bits per heavy atom. The van der Waals surface area contributed by atoms with E-state index >= 15 is 0 Å². The molecule has 0 bridgehead atoms. The summed E-state index contributed by atoms with van der Waals surface area (Å²) in [6, 6.07) is 21.6. The fourth-order valence-corrected chi connectivity index (χ4v) is 6.02. The number of aliphatic hydroxyl groups excluding tert-OH is 1. The smallest absolute Gasteiger partial charge is 0.412 e. The summed E-state index contributed by atoms with van der Waals surface area (Å²) in [5, 5.41) is 17.0. The van der Waals surface area contributed by atoms with Gasteiger partial charge in [0, 0.05) is 11.3 Å². The van der Waals surface area contributed by atoms with Gasteiger partial charge in [-0.15, -0.1) is 11.8 Å². The van der Waals surface area contributed by atoms with Gasteiger partial charge in [0.15, 0.2) is 6.10 Å². The first-order valence-corrected chi connectivity index (χ1v) is 14.7. The Morgan fingerprint density at radius 3 is 2.31 bits per heavy atom. The van der Waals surface area contributed by atoms with Gasteiger partial charge in [0.25, 0.3) is 5.91 Å². The second kappa shape index (κ2) is 13.8. The van der Waals surface area contributed by atoms with Gasteiger partial charge in [-0.25, -0.2) is 4.79 Å². The molecule has 1 aliphatic rings. The van der Waals surface area contributed by atoms with Crippen LogP contribution in [-0.4, -0.2) is 63.8 Å². The summed E-state index contributed by atoms with van der Waals surface area (Å²) in [5.41, 5.74) is 2.84. The summed E-state index contributed by atoms with van der Waals surface area (Å²) < 4.78 is 9.94. The van der Waals surface area contributed by atoms with Crippen LogP contribution in [0.1, 0.15) is 30.5 Å². The lowest BCUT2D eigenvalue weighted by Gasteiger charge is -2.33. The number of rotatable bonds is 10. The number of benzene rings is 3. The third-order valence-electron chi connectivity index (χ3n) is 7.30. The van der Waals surface area contributed by atoms with Crippen LogP contribution in [0.25, 0.3) is 0 Å². The second-order valence-corrected chi connectivity index (χ2v) is 12.3. The Kier molecular flexibility index (Phi) is 10.1. The van der Waals surface area contributed by atoms with E-state index in [0.717, 1.165) is 16.7 Å². The van der Waals surface area contributed by atoms with Gasteiger partial charge in [0.05, 0.1) is 19.0 Å². The molecule has 9 nitrogen and oxygen atoms in total. The predicted octanol–water partition coefficient (Wildman–Crippen LogP) is 4.06. The number of methoxy groups -OCH3 is 1. The minimum Gasteiger partial charge on any atom is -0.497 e. The highest BCUT2D eigenvalue weighted by Crippen LogP contribution is 2.40. The molecule has 1 heterocycles. The first-order valence-electron chi connectivity index (χ1n) is 13.7. The van der Waals surface area contributed by atoms with Crippen molar-refractivity contribution in [1.82, 2.24) is 15.5 Å². The molecule has 3 aromatic rings. The van der Waals surface area contributed by atoms with Crippen LogP contribution in [-0.2, 0) is 22.6 Å². The van der Waals surface area contributed by atoms with E-state index in [1.54, 1.807) is 24.3 Å². The first-order chi connectivity index (χ1) is 20.1. The lowest BCUT2D eigenvalue weighted by atomic mass is 9.97. The maximum atomic E-state index is 13.8. The number of carbonyl (C=O) groups is 3. The number of aliphatic hydroxyl groups is 1. The van der Waals surface area contributed by atoms with E-state index in [-0.39, 0.29) is 24.0 Å². The Labute approximate surface area is 250 Å². The number of nitrogens with zero attached hydrogens (tertiary/aromatic N) is 1. The van der Waals surface area contributed by atoms with Crippen LogP contribution in [0.3, 0.4) is 0 Å². The van der Waals surface area contributed by atoms with E-state index in [2.05, 4.69) is 10.6 Å². The van der Waals surface area contributed by atoms with Gasteiger partial charge in [-0.05, 0) is 68.1 Å². The zero-order valence-electron chi connectivity index (χ0n) is 24.2. The second-order valence-electron chi connectivity index (χ2n) is 10.7. The summed E-state index contributed by atoms with van der Waals surface area (Å²) in [5.74, 6) is 0.153. The van der Waals surface area contributed by atoms with Crippen LogP contribution >= 0.6 is 11.8 Å². The molecule has 3 amide bonds. The number of amides is 3. The molecule has 0 aromatic heterocycles. The van der Waals surface area contributed by atoms with Crippen molar-refractivity contribution in [2.45, 2.75) is 56.7 Å². The van der Waals surface area contributed by atoms with Gasteiger partial charge in [-0.1, -0.05) is 54.6 Å². The zero-order chi connectivity index (χ0) is 30.3. The van der Waals surface area contributed by atoms with Crippen molar-refractivity contribution in [3.05, 3.63) is 95.6 Å². The summed E-state index contributed by atoms with van der Waals surface area (Å²) in [6.07, 6.45) is -2.29. The van der Waals surface area contributed by atoms with Gasteiger partial charge in [-0.2, -0.15) is 0 Å². The molecule has 3 atom stereocenters. The van der Waals surface area contributed by atoms with Crippen LogP contribution in [0.4, 0.5) is 4.79 Å². The molecule has 3 aromatic carbocycles. The molecular weight excluding hydrogens is 554 g/mol. The summed E-state index contributed by atoms with van der Waals surface area (Å²) in [4.78, 5) is 41.5. The van der Waals surface area contributed by atoms with Crippen LogP contribution in [0.2, 0.25) is 0 Å². The van der Waals surface area contributed by atoms with Crippen molar-refractivity contribution in [3.8, 4) is 11.5 Å². The molecular formula is C32H37N3O6S. The number of thioether (sulfide) groups is 1. The monoisotopic (exact) mass is 591 g/mol. The third-order valence-corrected chi connectivity index (χ3v) is 8.67. The Balaban J connectivity index is 1.50. The van der Waals surface area contributed by atoms with Gasteiger partial charge >= 0.3 is 6.09 Å². The lowest BCUT2D eigenvalue weighted by molar-refractivity contribution is -0.147. The van der Waals surface area contributed by atoms with E-state index in [9.17, 15) is 19.5 Å². The average molecular weight is 592 g/mol. The standard InChI is InChI=1S/C32H37N3O6S/c1-21-10-8-9-13-23(21)19-33-29(37)28-32(2,3)42-20-35(28)30(38)27(36)26(18-22-11-6-5-7-12-22)34-31(39)41-25-16-14-24(40-4)15-17-25/h5-17,26-28,36H,18-20H2,1-4H3,(H,33,37)(H,34,39). The van der Waals surface area contributed by atoms with Crippen molar-refractivity contribution in [3.63, 3.8) is 0 Å². The molecule has 1 saturated heterocycles. The van der Waals surface area contributed by atoms with Gasteiger partial charge in [0.1, 0.15) is 17.5 Å². The molecule has 42 heavy (non-hydrogen) atoms. The average Bonchev–Trinajstić information content (AvgIpc) is 3.31. The minimum atomic E-state index is -1.63. The summed E-state index contributed by atoms with van der Waals surface area (Å²) in [6.45, 7) is 6.10. The lowest BCUT2D eigenvalue weighted by Crippen LogP contribution is -2.58. The van der Waals surface area contributed by atoms with Crippen molar-refractivity contribution in [2.24, 2.45) is 0 Å². The largest absolute Gasteiger partial charge is 0.497 e. The van der Waals surface area contributed by atoms with E-state index in [1.165, 1.54) is 23.8 Å². The fourth-order valence-electron chi connectivity index (χ4n) is 4.88. The molecule has 0 spiro atoms. The molecule has 0 saturated carbocycles. The molecule has 4 rings (SSSR count). The summed E-state index contributed by atoms with van der Waals surface area (Å²) >= 11 is 1.46. The van der Waals surface area contributed by atoms with E-state index in [1.807, 2.05) is 75.4 Å². The highest BCUT2D eigenvalue weighted by molar-refractivity contribution is 8.00. The van der Waals surface area contributed by atoms with Gasteiger partial charge < -0.3 is 30.1 Å². The quantitative estimate of drug-likeness (QED) is 0.326. The zero-order valence-corrected chi connectivity index (χ0v) is 25.0. The maximum Gasteiger partial charge on any atom is 0.412 e. The third kappa shape index (κ3) is 7.63. The summed E-state index contributed by atoms with van der Waals surface area (Å²) in [7, 11) is 1.54. The molecule has 1 aliphatic heterocycles. The Bertz CT molecular complexity index is 1380. The number of hydrogen-bond donors (Lipinski definition) is 3. The van der Waals surface area contributed by atoms with E-state index < -0.39 is 34.9 Å². The normalized spacial score (nSPS) is 17.2. The minimum absolute atomic E-state index is 0.167. The fraction of sp³-hybridized carbons (Fsp3) is 0.344. The van der Waals surface area contributed by atoms with Crippen molar-refractivity contribution < 1.29 is 29.0 Å². The predicted molar refractivity (Wildman–Crippen MR) is 162 cm³/mol. The van der Waals surface area contributed by atoms with Crippen LogP contribution in [0.15, 0.2) is 78.9 Å². The molecule has 0 aliphatic carbocycles. The number of carbonyl (C=O) groups excluding carboxylic acids is 3. The van der Waals surface area contributed by atoms with Crippen LogP contribution in [0.5, 0.6) is 11.5 Å². The molecule has 0 radical (unpaired) electrons. The van der Waals surface area contributed by atoms with Crippen LogP contribution in [0, 0.1) is 6.92 Å². The van der Waals surface area contributed by atoms with E-state index in [0.29, 0.717) is 12.3 Å². The number of nitrogens with one attached hydrogen (secondary N) is 2. The first kappa shape index (κ1) is 30.9. The number of aryl methyl sites for hydroxylation is 1. The van der Waals surface area contributed by atoms with Gasteiger partial charge in [-0.3, -0.25) is 9.59 Å². The van der Waals surface area contributed by atoms with Crippen molar-refractivity contribution in [2.75, 3.05) is 13.0 Å². The number of hydrogen-bond acceptors (Lipinski definition) is 7. The van der Waals surface area contributed by atoms with Crippen molar-refractivity contribution in [1.29, 1.82) is 0 Å². The highest BCUT2D eigenvalue weighted by atomic mass is 32.2. The highest BCUT2D eigenvalue weighted by Gasteiger charge is 2.49. The maximum absolute atomic E-state index is 13.8. The molecule has 1 fully saturated rings. The number of ether oxygens (including phenoxy) is 2. The molecule has 10 heteroatoms. The van der Waals surface area contributed by atoms with Crippen LogP contribution < -0.4 is 20.1 Å². The molecule has 3 N–H and O–H groups in total. The SMILES string of the molecule is COc1ccc(OC(=O)NC(Cc2ccccc2)C(O)C(=O)N2CSC(C)(C)C2C(=O)NCc2ccccc2C)cc1. The topological polar surface area (TPSA) is 117 Å². The molecule has 3 unspecified atom stereocenters. The Morgan fingerprint density at radius 1 is 1.00 bits per heavy atom. The Hall–Kier alpha value is -4.02. The van der Waals surface area contributed by atoms with Gasteiger partial charge in [0.2, 0.25) is 5.91 Å². The molecule has 222 valence electrons. The van der Waals surface area contributed by atoms with E-state index in [4.69, 9.17) is 9.47 Å². The van der Waals surface area contributed by atoms with Crippen molar-refractivity contribution >= 4 is 29.7 Å².